The Morgan fingerprint density at radius 2 is 2.39 bits per heavy atom. The molecule has 6 nitrogen and oxygen atoms in total. The number of rotatable bonds is 5. The van der Waals surface area contributed by atoms with Gasteiger partial charge in [0.25, 0.3) is 0 Å². The summed E-state index contributed by atoms with van der Waals surface area (Å²) < 4.78 is 18.5. The fraction of sp³-hybridized carbons (Fsp3) is 0.667. The van der Waals surface area contributed by atoms with Crippen LogP contribution in [-0.4, -0.2) is 73.0 Å². The van der Waals surface area contributed by atoms with E-state index in [1.54, 1.807) is 18.7 Å². The number of halogens is 1. The Morgan fingerprint density at radius 1 is 1.52 bits per heavy atom. The van der Waals surface area contributed by atoms with Gasteiger partial charge in [-0.25, -0.2) is 9.18 Å². The number of ether oxygens (including phenoxy) is 1. The minimum absolute atomic E-state index is 0.281. The predicted molar refractivity (Wildman–Crippen MR) is 89.8 cm³/mol. The molecule has 0 aromatic heterocycles. The highest BCUT2D eigenvalue weighted by Crippen LogP contribution is 2.20. The van der Waals surface area contributed by atoms with E-state index < -0.39 is 6.17 Å². The number of thioether (sulfide) groups is 1. The fourth-order valence-corrected chi connectivity index (χ4v) is 3.62. The van der Waals surface area contributed by atoms with Crippen molar-refractivity contribution >= 4 is 28.6 Å². The van der Waals surface area contributed by atoms with Crippen molar-refractivity contribution in [2.45, 2.75) is 19.5 Å². The van der Waals surface area contributed by atoms with Crippen LogP contribution < -0.4 is 5.32 Å². The van der Waals surface area contributed by atoms with Gasteiger partial charge in [0.05, 0.1) is 18.7 Å². The van der Waals surface area contributed by atoms with Gasteiger partial charge in [0.2, 0.25) is 0 Å². The van der Waals surface area contributed by atoms with Gasteiger partial charge in [-0.15, -0.1) is 11.8 Å². The molecule has 0 spiro atoms. The molecule has 3 rings (SSSR count). The van der Waals surface area contributed by atoms with Gasteiger partial charge in [0, 0.05) is 37.6 Å². The first kappa shape index (κ1) is 16.4. The van der Waals surface area contributed by atoms with Gasteiger partial charge >= 0.3 is 5.97 Å². The lowest BCUT2D eigenvalue weighted by Crippen LogP contribution is -2.40. The number of carbonyl (C=O) groups is 1. The molecule has 1 saturated heterocycles. The van der Waals surface area contributed by atoms with Crippen LogP contribution in [0, 0.1) is 0 Å². The fourth-order valence-electron chi connectivity index (χ4n) is 2.80. The first-order valence-corrected chi connectivity index (χ1v) is 8.90. The van der Waals surface area contributed by atoms with Crippen LogP contribution in [0.1, 0.15) is 13.3 Å². The molecule has 0 unspecified atom stereocenters. The largest absolute Gasteiger partial charge is 0.463 e. The zero-order valence-corrected chi connectivity index (χ0v) is 14.0. The van der Waals surface area contributed by atoms with Crippen LogP contribution in [-0.2, 0) is 9.53 Å². The molecule has 1 fully saturated rings. The summed E-state index contributed by atoms with van der Waals surface area (Å²) in [4.78, 5) is 23.0. The van der Waals surface area contributed by atoms with E-state index in [0.717, 1.165) is 23.0 Å². The highest BCUT2D eigenvalue weighted by atomic mass is 32.2. The normalized spacial score (nSPS) is 25.2. The molecule has 0 radical (unpaired) electrons. The predicted octanol–water partition coefficient (Wildman–Crippen LogP) is 0.994. The average molecular weight is 340 g/mol. The number of likely N-dealkylation sites (tertiary alicyclic amines) is 1. The molecule has 0 aromatic rings. The van der Waals surface area contributed by atoms with Crippen LogP contribution in [0.25, 0.3) is 0 Å². The van der Waals surface area contributed by atoms with E-state index in [-0.39, 0.29) is 12.5 Å². The highest BCUT2D eigenvalue weighted by molar-refractivity contribution is 8.16. The number of nitrogens with zero attached hydrogens (tertiary/aromatic N) is 3. The molecule has 126 valence electrons. The van der Waals surface area contributed by atoms with Crippen LogP contribution in [0.2, 0.25) is 0 Å². The Balaban J connectivity index is 1.75. The zero-order valence-electron chi connectivity index (χ0n) is 13.2. The maximum atomic E-state index is 13.4. The SMILES string of the molecule is CCOC(=O)C1=C(CN2CC[C@H](F)C2)NC(C2=NCCS2)=NC1. The third kappa shape index (κ3) is 3.92. The molecule has 0 saturated carbocycles. The molecule has 23 heavy (non-hydrogen) atoms. The van der Waals surface area contributed by atoms with E-state index in [2.05, 4.69) is 15.3 Å². The molecule has 3 aliphatic rings. The quantitative estimate of drug-likeness (QED) is 0.756. The van der Waals surface area contributed by atoms with Crippen molar-refractivity contribution in [1.29, 1.82) is 0 Å². The second kappa shape index (κ2) is 7.44. The Morgan fingerprint density at radius 3 is 3.04 bits per heavy atom. The molecule has 0 aromatic carbocycles. The van der Waals surface area contributed by atoms with E-state index >= 15 is 0 Å². The monoisotopic (exact) mass is 340 g/mol. The molecular weight excluding hydrogens is 319 g/mol. The molecule has 1 N–H and O–H groups in total. The molecular formula is C15H21FN4O2S. The first-order valence-electron chi connectivity index (χ1n) is 7.92. The minimum Gasteiger partial charge on any atom is -0.463 e. The van der Waals surface area contributed by atoms with Gasteiger partial charge in [0.15, 0.2) is 5.84 Å². The number of amidine groups is 1. The van der Waals surface area contributed by atoms with Gasteiger partial charge in [-0.3, -0.25) is 14.9 Å². The number of alkyl halides is 1. The molecule has 3 aliphatic heterocycles. The molecule has 1 atom stereocenters. The van der Waals surface area contributed by atoms with Crippen molar-refractivity contribution in [3.05, 3.63) is 11.3 Å². The van der Waals surface area contributed by atoms with Crippen LogP contribution in [0.15, 0.2) is 21.3 Å². The van der Waals surface area contributed by atoms with Gasteiger partial charge in [-0.1, -0.05) is 0 Å². The topological polar surface area (TPSA) is 66.3 Å². The summed E-state index contributed by atoms with van der Waals surface area (Å²) in [5, 5.41) is 4.12. The van der Waals surface area contributed by atoms with Gasteiger partial charge in [-0.2, -0.15) is 0 Å². The lowest BCUT2D eigenvalue weighted by atomic mass is 10.1. The number of nitrogens with one attached hydrogen (secondary N) is 1. The van der Waals surface area contributed by atoms with Gasteiger partial charge < -0.3 is 10.1 Å². The maximum Gasteiger partial charge on any atom is 0.337 e. The number of hydrogen-bond acceptors (Lipinski definition) is 7. The second-order valence-electron chi connectivity index (χ2n) is 5.62. The van der Waals surface area contributed by atoms with Crippen LogP contribution >= 0.6 is 11.8 Å². The summed E-state index contributed by atoms with van der Waals surface area (Å²) >= 11 is 1.66. The highest BCUT2D eigenvalue weighted by Gasteiger charge is 2.29. The standard InChI is InChI=1S/C15H21FN4O2S/c1-2-22-15(21)11-7-18-13(14-17-4-6-23-14)19-12(11)9-20-5-3-10(16)8-20/h10H,2-9H2,1H3,(H,18,19)/t10-/m0/s1. The zero-order chi connectivity index (χ0) is 16.2. The van der Waals surface area contributed by atoms with Crippen LogP contribution in [0.5, 0.6) is 0 Å². The minimum atomic E-state index is -0.784. The van der Waals surface area contributed by atoms with Crippen molar-refractivity contribution in [3.8, 4) is 0 Å². The number of hydrogen-bond donors (Lipinski definition) is 1. The number of esters is 1. The third-order valence-corrected chi connectivity index (χ3v) is 4.92. The molecule has 3 heterocycles. The van der Waals surface area contributed by atoms with Crippen LogP contribution in [0.3, 0.4) is 0 Å². The van der Waals surface area contributed by atoms with Crippen molar-refractivity contribution < 1.29 is 13.9 Å². The molecule has 0 aliphatic carbocycles. The Labute approximate surface area is 139 Å². The van der Waals surface area contributed by atoms with E-state index in [4.69, 9.17) is 4.74 Å². The third-order valence-electron chi connectivity index (χ3n) is 3.94. The Hall–Kier alpha value is -1.41. The lowest BCUT2D eigenvalue weighted by molar-refractivity contribution is -0.138. The summed E-state index contributed by atoms with van der Waals surface area (Å²) in [7, 11) is 0. The summed E-state index contributed by atoms with van der Waals surface area (Å²) in [5.41, 5.74) is 1.29. The smallest absolute Gasteiger partial charge is 0.337 e. The summed E-state index contributed by atoms with van der Waals surface area (Å²) in [5.74, 6) is 1.32. The van der Waals surface area contributed by atoms with Crippen molar-refractivity contribution in [3.63, 3.8) is 0 Å². The van der Waals surface area contributed by atoms with E-state index in [1.165, 1.54) is 0 Å². The van der Waals surface area contributed by atoms with Gasteiger partial charge in [0.1, 0.15) is 11.2 Å². The van der Waals surface area contributed by atoms with Crippen molar-refractivity contribution in [2.75, 3.05) is 45.1 Å². The van der Waals surface area contributed by atoms with Crippen molar-refractivity contribution in [2.24, 2.45) is 9.98 Å². The Bertz CT molecular complexity index is 576. The summed E-state index contributed by atoms with van der Waals surface area (Å²) in [6, 6.07) is 0. The maximum absolute atomic E-state index is 13.4. The molecule has 0 bridgehead atoms. The van der Waals surface area contributed by atoms with Crippen LogP contribution in [0.4, 0.5) is 4.39 Å². The first-order chi connectivity index (χ1) is 11.2. The lowest BCUT2D eigenvalue weighted by Gasteiger charge is -2.25. The summed E-state index contributed by atoms with van der Waals surface area (Å²) in [6.07, 6.45) is -0.237. The van der Waals surface area contributed by atoms with E-state index in [0.29, 0.717) is 44.1 Å². The Kier molecular flexibility index (Phi) is 5.32. The number of aliphatic imine (C=N–C) groups is 2. The summed E-state index contributed by atoms with van der Waals surface area (Å²) in [6.45, 7) is 4.79. The van der Waals surface area contributed by atoms with Gasteiger partial charge in [-0.05, 0) is 13.3 Å². The van der Waals surface area contributed by atoms with E-state index in [9.17, 15) is 9.18 Å². The molecule has 8 heteroatoms. The number of carbonyl (C=O) groups excluding carboxylic acids is 1. The molecule has 0 amide bonds. The van der Waals surface area contributed by atoms with Crippen molar-refractivity contribution in [1.82, 2.24) is 10.2 Å². The second-order valence-corrected chi connectivity index (χ2v) is 6.71. The average Bonchev–Trinajstić information content (AvgIpc) is 3.19. The van der Waals surface area contributed by atoms with E-state index in [1.807, 2.05) is 4.90 Å².